The predicted molar refractivity (Wildman–Crippen MR) is 73.9 cm³/mol. The molecule has 5 heteroatoms. The molecule has 0 radical (unpaired) electrons. The van der Waals surface area contributed by atoms with E-state index in [1.165, 1.54) is 12.1 Å². The summed E-state index contributed by atoms with van der Waals surface area (Å²) < 4.78 is 38.5. The molecule has 0 spiro atoms. The average Bonchev–Trinajstić information content (AvgIpc) is 2.49. The van der Waals surface area contributed by atoms with Crippen molar-refractivity contribution in [1.29, 1.82) is 0 Å². The zero-order chi connectivity index (χ0) is 14.4. The lowest BCUT2D eigenvalue weighted by atomic mass is 10.3. The topological polar surface area (TPSA) is 15.6 Å². The standard InChI is InChI=1S/C15H11F3N2/c16-14(17)15(18)20(13-9-5-2-6-10-13)11-19-12-7-3-1-4-8-12/h1-11H. The Labute approximate surface area is 114 Å². The number of benzene rings is 2. The smallest absolute Gasteiger partial charge is 0.272 e. The highest BCUT2D eigenvalue weighted by Gasteiger charge is 2.15. The zero-order valence-corrected chi connectivity index (χ0v) is 10.4. The minimum absolute atomic E-state index is 0.262. The van der Waals surface area contributed by atoms with Crippen molar-refractivity contribution in [2.75, 3.05) is 4.90 Å². The van der Waals surface area contributed by atoms with Gasteiger partial charge in [-0.1, -0.05) is 36.4 Å². The van der Waals surface area contributed by atoms with Crippen LogP contribution in [0.3, 0.4) is 0 Å². The average molecular weight is 276 g/mol. The number of hydrogen-bond donors (Lipinski definition) is 0. The Morgan fingerprint density at radius 1 is 0.850 bits per heavy atom. The molecule has 0 unspecified atom stereocenters. The molecule has 0 saturated carbocycles. The van der Waals surface area contributed by atoms with Crippen LogP contribution in [0, 0.1) is 0 Å². The molecule has 0 fully saturated rings. The van der Waals surface area contributed by atoms with E-state index in [0.29, 0.717) is 10.6 Å². The van der Waals surface area contributed by atoms with Crippen molar-refractivity contribution < 1.29 is 13.2 Å². The number of anilines is 1. The van der Waals surface area contributed by atoms with Gasteiger partial charge in [0.15, 0.2) is 0 Å². The number of rotatable bonds is 4. The highest BCUT2D eigenvalue weighted by Crippen LogP contribution is 2.22. The first-order valence-electron chi connectivity index (χ1n) is 5.83. The molecule has 0 aromatic heterocycles. The third-order valence-corrected chi connectivity index (χ3v) is 2.48. The molecule has 2 nitrogen and oxygen atoms in total. The van der Waals surface area contributed by atoms with Gasteiger partial charge in [0.2, 0.25) is 0 Å². The molecule has 2 rings (SSSR count). The van der Waals surface area contributed by atoms with E-state index in [0.717, 1.165) is 6.34 Å². The zero-order valence-electron chi connectivity index (χ0n) is 10.4. The van der Waals surface area contributed by atoms with E-state index >= 15 is 0 Å². The molecule has 0 bridgehead atoms. The number of halogens is 3. The minimum Gasteiger partial charge on any atom is -0.272 e. The van der Waals surface area contributed by atoms with Gasteiger partial charge in [0, 0.05) is 5.69 Å². The Balaban J connectivity index is 2.34. The van der Waals surface area contributed by atoms with E-state index in [9.17, 15) is 13.2 Å². The SMILES string of the molecule is FC(F)=C(F)N(C=Nc1ccccc1)c1ccccc1. The van der Waals surface area contributed by atoms with Gasteiger partial charge in [0.1, 0.15) is 6.34 Å². The summed E-state index contributed by atoms with van der Waals surface area (Å²) in [5.74, 6) is -1.64. The number of hydrogen-bond acceptors (Lipinski definition) is 1. The molecule has 0 amide bonds. The number of aliphatic imine (C=N–C) groups is 1. The molecule has 102 valence electrons. The van der Waals surface area contributed by atoms with Crippen LogP contribution in [0.5, 0.6) is 0 Å². The maximum Gasteiger partial charge on any atom is 0.323 e. The quantitative estimate of drug-likeness (QED) is 0.441. The van der Waals surface area contributed by atoms with Crippen LogP contribution in [0.2, 0.25) is 0 Å². The highest BCUT2D eigenvalue weighted by atomic mass is 19.3. The first-order chi connectivity index (χ1) is 9.68. The molecule has 0 N–H and O–H groups in total. The van der Waals surface area contributed by atoms with Gasteiger partial charge in [-0.05, 0) is 24.3 Å². The van der Waals surface area contributed by atoms with E-state index in [1.54, 1.807) is 48.5 Å². The van der Waals surface area contributed by atoms with Crippen LogP contribution < -0.4 is 4.90 Å². The van der Waals surface area contributed by atoms with Gasteiger partial charge >= 0.3 is 6.08 Å². The summed E-state index contributed by atoms with van der Waals surface area (Å²) in [6, 6.07) is 16.7. The van der Waals surface area contributed by atoms with Crippen molar-refractivity contribution in [1.82, 2.24) is 0 Å². The normalized spacial score (nSPS) is 10.6. The largest absolute Gasteiger partial charge is 0.323 e. The van der Waals surface area contributed by atoms with E-state index in [4.69, 9.17) is 0 Å². The van der Waals surface area contributed by atoms with Gasteiger partial charge in [-0.2, -0.15) is 13.2 Å². The highest BCUT2D eigenvalue weighted by molar-refractivity contribution is 5.84. The Kier molecular flexibility index (Phi) is 4.55. The summed E-state index contributed by atoms with van der Waals surface area (Å²) in [5.41, 5.74) is 0.804. The molecule has 2 aromatic rings. The third kappa shape index (κ3) is 3.47. The summed E-state index contributed by atoms with van der Waals surface area (Å²) in [4.78, 5) is 4.68. The van der Waals surface area contributed by atoms with Gasteiger partial charge in [0.05, 0.1) is 5.69 Å². The van der Waals surface area contributed by atoms with E-state index in [1.807, 2.05) is 0 Å². The Hall–Kier alpha value is -2.56. The molecule has 0 saturated heterocycles. The fraction of sp³-hybridized carbons (Fsp3) is 0. The lowest BCUT2D eigenvalue weighted by Crippen LogP contribution is -2.18. The molecule has 0 aliphatic carbocycles. The van der Waals surface area contributed by atoms with Crippen LogP contribution in [0.15, 0.2) is 77.7 Å². The van der Waals surface area contributed by atoms with Crippen molar-refractivity contribution in [3.05, 3.63) is 72.7 Å². The van der Waals surface area contributed by atoms with Crippen molar-refractivity contribution in [2.24, 2.45) is 4.99 Å². The van der Waals surface area contributed by atoms with E-state index in [-0.39, 0.29) is 5.69 Å². The van der Waals surface area contributed by atoms with Gasteiger partial charge in [-0.25, -0.2) is 4.99 Å². The Morgan fingerprint density at radius 3 is 1.95 bits per heavy atom. The van der Waals surface area contributed by atoms with Crippen molar-refractivity contribution in [2.45, 2.75) is 0 Å². The van der Waals surface area contributed by atoms with Crippen molar-refractivity contribution in [3.63, 3.8) is 0 Å². The second-order valence-corrected chi connectivity index (χ2v) is 3.84. The van der Waals surface area contributed by atoms with Gasteiger partial charge < -0.3 is 0 Å². The fourth-order valence-corrected chi connectivity index (χ4v) is 1.55. The lowest BCUT2D eigenvalue weighted by molar-refractivity contribution is 0.377. The van der Waals surface area contributed by atoms with Gasteiger partial charge in [0.25, 0.3) is 5.95 Å². The van der Waals surface area contributed by atoms with E-state index < -0.39 is 12.0 Å². The summed E-state index contributed by atoms with van der Waals surface area (Å²) >= 11 is 0. The molecule has 0 aliphatic rings. The summed E-state index contributed by atoms with van der Waals surface area (Å²) in [7, 11) is 0. The Bertz CT molecular complexity index is 606. The molecule has 0 aliphatic heterocycles. The van der Waals surface area contributed by atoms with Crippen LogP contribution in [0.25, 0.3) is 0 Å². The van der Waals surface area contributed by atoms with Crippen LogP contribution in [0.4, 0.5) is 24.5 Å². The molecule has 0 heterocycles. The second kappa shape index (κ2) is 6.56. The van der Waals surface area contributed by atoms with Crippen molar-refractivity contribution >= 4 is 17.7 Å². The monoisotopic (exact) mass is 276 g/mol. The summed E-state index contributed by atoms with van der Waals surface area (Å²) in [6.45, 7) is 0. The molecular formula is C15H11F3N2. The summed E-state index contributed by atoms with van der Waals surface area (Å²) in [5, 5.41) is 0. The second-order valence-electron chi connectivity index (χ2n) is 3.84. The van der Waals surface area contributed by atoms with Crippen LogP contribution in [-0.2, 0) is 0 Å². The van der Waals surface area contributed by atoms with E-state index in [2.05, 4.69) is 4.99 Å². The molecule has 2 aromatic carbocycles. The molecule has 0 atom stereocenters. The first-order valence-corrected chi connectivity index (χ1v) is 5.83. The molecule has 20 heavy (non-hydrogen) atoms. The predicted octanol–water partition coefficient (Wildman–Crippen LogP) is 4.89. The maximum atomic E-state index is 13.5. The lowest BCUT2D eigenvalue weighted by Gasteiger charge is -2.16. The fourth-order valence-electron chi connectivity index (χ4n) is 1.55. The number of nitrogens with zero attached hydrogens (tertiary/aromatic N) is 2. The van der Waals surface area contributed by atoms with Gasteiger partial charge in [-0.15, -0.1) is 0 Å². The summed E-state index contributed by atoms with van der Waals surface area (Å²) in [6.07, 6.45) is -1.37. The first kappa shape index (κ1) is 13.9. The molecular weight excluding hydrogens is 265 g/mol. The Morgan fingerprint density at radius 2 is 1.40 bits per heavy atom. The number of para-hydroxylation sites is 2. The van der Waals surface area contributed by atoms with Crippen LogP contribution >= 0.6 is 0 Å². The van der Waals surface area contributed by atoms with Crippen LogP contribution in [0.1, 0.15) is 0 Å². The van der Waals surface area contributed by atoms with Crippen LogP contribution in [-0.4, -0.2) is 6.34 Å². The van der Waals surface area contributed by atoms with Gasteiger partial charge in [-0.3, -0.25) is 4.90 Å². The maximum absolute atomic E-state index is 13.5. The minimum atomic E-state index is -2.40. The van der Waals surface area contributed by atoms with Crippen molar-refractivity contribution in [3.8, 4) is 0 Å². The third-order valence-electron chi connectivity index (χ3n) is 2.48.